The summed E-state index contributed by atoms with van der Waals surface area (Å²) >= 11 is 0. The first kappa shape index (κ1) is 14.8. The Hall–Kier alpha value is -3.08. The van der Waals surface area contributed by atoms with E-state index in [9.17, 15) is 0 Å². The first-order chi connectivity index (χ1) is 11.1. The van der Waals surface area contributed by atoms with E-state index in [-0.39, 0.29) is 17.4 Å². The highest BCUT2D eigenvalue weighted by atomic mass is 16.5. The van der Waals surface area contributed by atoms with E-state index in [1.807, 2.05) is 62.4 Å². The molecule has 2 N–H and O–H groups in total. The van der Waals surface area contributed by atoms with Gasteiger partial charge in [-0.2, -0.15) is 9.97 Å². The Morgan fingerprint density at radius 3 is 1.48 bits per heavy atom. The van der Waals surface area contributed by atoms with Gasteiger partial charge in [-0.15, -0.1) is 0 Å². The Morgan fingerprint density at radius 1 is 0.696 bits per heavy atom. The van der Waals surface area contributed by atoms with Gasteiger partial charge in [-0.3, -0.25) is 0 Å². The number of hydrogen-bond acceptors (Lipinski definition) is 5. The second kappa shape index (κ2) is 6.36. The molecule has 0 fully saturated rings. The Balaban J connectivity index is 1.83. The molecule has 0 amide bonds. The number of nitrogen functional groups attached to an aromatic ring is 1. The number of rotatable bonds is 4. The summed E-state index contributed by atoms with van der Waals surface area (Å²) in [4.78, 5) is 8.15. The highest BCUT2D eigenvalue weighted by Gasteiger charge is 2.12. The van der Waals surface area contributed by atoms with Crippen LogP contribution < -0.4 is 15.2 Å². The summed E-state index contributed by atoms with van der Waals surface area (Å²) < 4.78 is 11.4. The SMILES string of the molecule is Cc1ccc(Oc2ncnc(Oc3ccc(C)cc3)c2N)cc1. The van der Waals surface area contributed by atoms with Crippen molar-refractivity contribution in [1.82, 2.24) is 9.97 Å². The average molecular weight is 307 g/mol. The third-order valence-corrected chi connectivity index (χ3v) is 3.28. The fraction of sp³-hybridized carbons (Fsp3) is 0.111. The molecular weight excluding hydrogens is 290 g/mol. The van der Waals surface area contributed by atoms with E-state index in [2.05, 4.69) is 9.97 Å². The molecule has 0 bridgehead atoms. The first-order valence-corrected chi connectivity index (χ1v) is 7.21. The molecule has 0 aliphatic carbocycles. The quantitative estimate of drug-likeness (QED) is 0.779. The predicted octanol–water partition coefficient (Wildman–Crippen LogP) is 4.26. The third-order valence-electron chi connectivity index (χ3n) is 3.28. The van der Waals surface area contributed by atoms with Crippen LogP contribution in [-0.2, 0) is 0 Å². The van der Waals surface area contributed by atoms with Crippen molar-refractivity contribution in [2.75, 3.05) is 5.73 Å². The number of anilines is 1. The molecule has 3 rings (SSSR count). The summed E-state index contributed by atoms with van der Waals surface area (Å²) in [7, 11) is 0. The topological polar surface area (TPSA) is 70.3 Å². The van der Waals surface area contributed by atoms with Crippen molar-refractivity contribution in [2.45, 2.75) is 13.8 Å². The third kappa shape index (κ3) is 3.58. The maximum absolute atomic E-state index is 6.06. The van der Waals surface area contributed by atoms with Gasteiger partial charge in [0.25, 0.3) is 0 Å². The van der Waals surface area contributed by atoms with Crippen LogP contribution >= 0.6 is 0 Å². The van der Waals surface area contributed by atoms with E-state index < -0.39 is 0 Å². The Morgan fingerprint density at radius 2 is 1.09 bits per heavy atom. The van der Waals surface area contributed by atoms with Crippen LogP contribution in [0.2, 0.25) is 0 Å². The van der Waals surface area contributed by atoms with Crippen molar-refractivity contribution in [1.29, 1.82) is 0 Å². The van der Waals surface area contributed by atoms with Crippen molar-refractivity contribution in [3.8, 4) is 23.3 Å². The molecule has 0 saturated carbocycles. The summed E-state index contributed by atoms with van der Waals surface area (Å²) in [6, 6.07) is 15.3. The summed E-state index contributed by atoms with van der Waals surface area (Å²) in [5, 5.41) is 0. The van der Waals surface area contributed by atoms with Gasteiger partial charge in [0.2, 0.25) is 11.8 Å². The molecule has 116 valence electrons. The van der Waals surface area contributed by atoms with Crippen LogP contribution in [0.25, 0.3) is 0 Å². The van der Waals surface area contributed by atoms with Gasteiger partial charge in [0, 0.05) is 0 Å². The zero-order valence-corrected chi connectivity index (χ0v) is 13.0. The standard InChI is InChI=1S/C18H17N3O2/c1-12-3-7-14(8-4-12)22-17-16(19)18(21-11-20-17)23-15-9-5-13(2)6-10-15/h3-11H,19H2,1-2H3. The van der Waals surface area contributed by atoms with Gasteiger partial charge in [0.05, 0.1) is 0 Å². The highest BCUT2D eigenvalue weighted by Crippen LogP contribution is 2.33. The molecular formula is C18H17N3O2. The van der Waals surface area contributed by atoms with Gasteiger partial charge in [0.15, 0.2) is 5.69 Å². The molecule has 0 atom stereocenters. The number of aromatic nitrogens is 2. The molecule has 0 aliphatic rings. The molecule has 3 aromatic rings. The van der Waals surface area contributed by atoms with Gasteiger partial charge in [-0.05, 0) is 38.1 Å². The zero-order valence-electron chi connectivity index (χ0n) is 13.0. The van der Waals surface area contributed by atoms with Crippen LogP contribution in [0.1, 0.15) is 11.1 Å². The number of nitrogens with two attached hydrogens (primary N) is 1. The Labute approximate surface area is 134 Å². The van der Waals surface area contributed by atoms with Gasteiger partial charge >= 0.3 is 0 Å². The van der Waals surface area contributed by atoms with Crippen molar-refractivity contribution >= 4 is 5.69 Å². The minimum atomic E-state index is 0.258. The maximum atomic E-state index is 6.06. The molecule has 2 aromatic carbocycles. The van der Waals surface area contributed by atoms with Crippen LogP contribution in [-0.4, -0.2) is 9.97 Å². The average Bonchev–Trinajstić information content (AvgIpc) is 2.55. The van der Waals surface area contributed by atoms with E-state index >= 15 is 0 Å². The lowest BCUT2D eigenvalue weighted by Gasteiger charge is -2.11. The van der Waals surface area contributed by atoms with Gasteiger partial charge in [-0.25, -0.2) is 0 Å². The first-order valence-electron chi connectivity index (χ1n) is 7.21. The lowest BCUT2D eigenvalue weighted by atomic mass is 10.2. The van der Waals surface area contributed by atoms with Crippen molar-refractivity contribution < 1.29 is 9.47 Å². The van der Waals surface area contributed by atoms with Crippen molar-refractivity contribution in [3.05, 3.63) is 66.0 Å². The fourth-order valence-electron chi connectivity index (χ4n) is 1.96. The second-order valence-electron chi connectivity index (χ2n) is 5.23. The number of nitrogens with zero attached hydrogens (tertiary/aromatic N) is 2. The fourth-order valence-corrected chi connectivity index (χ4v) is 1.96. The number of benzene rings is 2. The monoisotopic (exact) mass is 307 g/mol. The van der Waals surface area contributed by atoms with Crippen LogP contribution in [0, 0.1) is 13.8 Å². The van der Waals surface area contributed by atoms with E-state index in [1.54, 1.807) is 0 Å². The summed E-state index contributed by atoms with van der Waals surface area (Å²) in [6.07, 6.45) is 1.36. The molecule has 5 heteroatoms. The van der Waals surface area contributed by atoms with Crippen LogP contribution in [0.4, 0.5) is 5.69 Å². The van der Waals surface area contributed by atoms with E-state index in [0.29, 0.717) is 11.5 Å². The van der Waals surface area contributed by atoms with E-state index in [1.165, 1.54) is 6.33 Å². The van der Waals surface area contributed by atoms with Gasteiger partial charge < -0.3 is 15.2 Å². The largest absolute Gasteiger partial charge is 0.437 e. The minimum Gasteiger partial charge on any atom is -0.437 e. The molecule has 0 unspecified atom stereocenters. The Bertz CT molecular complexity index is 734. The zero-order chi connectivity index (χ0) is 16.2. The van der Waals surface area contributed by atoms with Crippen molar-refractivity contribution in [2.24, 2.45) is 0 Å². The molecule has 0 spiro atoms. The molecule has 0 saturated heterocycles. The minimum absolute atomic E-state index is 0.258. The number of ether oxygens (including phenoxy) is 2. The predicted molar refractivity (Wildman–Crippen MR) is 89.0 cm³/mol. The summed E-state index contributed by atoms with van der Waals surface area (Å²) in [5.41, 5.74) is 8.62. The Kier molecular flexibility index (Phi) is 4.10. The number of hydrogen-bond donors (Lipinski definition) is 1. The summed E-state index contributed by atoms with van der Waals surface area (Å²) in [6.45, 7) is 4.02. The molecule has 0 radical (unpaired) electrons. The highest BCUT2D eigenvalue weighted by molar-refractivity contribution is 5.57. The van der Waals surface area contributed by atoms with E-state index in [4.69, 9.17) is 15.2 Å². The second-order valence-corrected chi connectivity index (χ2v) is 5.23. The number of aryl methyl sites for hydroxylation is 2. The van der Waals surface area contributed by atoms with Crippen LogP contribution in [0.15, 0.2) is 54.9 Å². The molecule has 5 nitrogen and oxygen atoms in total. The van der Waals surface area contributed by atoms with Crippen LogP contribution in [0.3, 0.4) is 0 Å². The van der Waals surface area contributed by atoms with Crippen molar-refractivity contribution in [3.63, 3.8) is 0 Å². The smallest absolute Gasteiger partial charge is 0.249 e. The van der Waals surface area contributed by atoms with Crippen LogP contribution in [0.5, 0.6) is 23.3 Å². The van der Waals surface area contributed by atoms with E-state index in [0.717, 1.165) is 11.1 Å². The maximum Gasteiger partial charge on any atom is 0.249 e. The normalized spacial score (nSPS) is 10.3. The summed E-state index contributed by atoms with van der Waals surface area (Å²) in [5.74, 6) is 1.85. The molecule has 1 heterocycles. The molecule has 1 aromatic heterocycles. The lowest BCUT2D eigenvalue weighted by molar-refractivity contribution is 0.438. The molecule has 0 aliphatic heterocycles. The lowest BCUT2D eigenvalue weighted by Crippen LogP contribution is -2.00. The van der Waals surface area contributed by atoms with Gasteiger partial charge in [-0.1, -0.05) is 35.4 Å². The molecule has 23 heavy (non-hydrogen) atoms. The van der Waals surface area contributed by atoms with Gasteiger partial charge in [0.1, 0.15) is 17.8 Å².